The minimum atomic E-state index is -0.426. The Labute approximate surface area is 150 Å². The minimum absolute atomic E-state index is 0.120. The summed E-state index contributed by atoms with van der Waals surface area (Å²) in [6, 6.07) is 13.3. The number of ether oxygens (including phenoxy) is 1. The average Bonchev–Trinajstić information content (AvgIpc) is 2.64. The average molecular weight is 360 g/mol. The lowest BCUT2D eigenvalue weighted by molar-refractivity contribution is 0.0303. The van der Waals surface area contributed by atoms with Gasteiger partial charge in [0.2, 0.25) is 0 Å². The second kappa shape index (κ2) is 8.00. The minimum Gasteiger partial charge on any atom is -0.378 e. The van der Waals surface area contributed by atoms with Gasteiger partial charge in [0.25, 0.3) is 5.91 Å². The van der Waals surface area contributed by atoms with Crippen molar-refractivity contribution in [3.8, 4) is 0 Å². The van der Waals surface area contributed by atoms with Gasteiger partial charge in [0, 0.05) is 23.8 Å². The number of urea groups is 1. The highest BCUT2D eigenvalue weighted by Crippen LogP contribution is 2.19. The Balaban J connectivity index is 1.70. The fourth-order valence-corrected chi connectivity index (χ4v) is 2.66. The highest BCUT2D eigenvalue weighted by Gasteiger charge is 2.21. The second-order valence-corrected chi connectivity index (χ2v) is 5.97. The molecule has 2 aromatic rings. The van der Waals surface area contributed by atoms with Crippen molar-refractivity contribution < 1.29 is 14.3 Å². The van der Waals surface area contributed by atoms with Gasteiger partial charge >= 0.3 is 6.03 Å². The summed E-state index contributed by atoms with van der Waals surface area (Å²) >= 11 is 5.83. The first-order valence-corrected chi connectivity index (χ1v) is 8.31. The highest BCUT2D eigenvalue weighted by atomic mass is 35.5. The molecule has 130 valence electrons. The van der Waals surface area contributed by atoms with Crippen LogP contribution in [0.1, 0.15) is 10.4 Å². The Morgan fingerprint density at radius 1 is 0.960 bits per heavy atom. The molecule has 7 heteroatoms. The van der Waals surface area contributed by atoms with Crippen molar-refractivity contribution in [2.75, 3.05) is 36.9 Å². The topological polar surface area (TPSA) is 70.7 Å². The lowest BCUT2D eigenvalue weighted by Crippen LogP contribution is -2.41. The molecule has 0 saturated carbocycles. The Bertz CT molecular complexity index is 758. The van der Waals surface area contributed by atoms with E-state index in [1.807, 2.05) is 0 Å². The van der Waals surface area contributed by atoms with E-state index in [1.54, 1.807) is 53.4 Å². The molecule has 0 aliphatic carbocycles. The first-order valence-electron chi connectivity index (χ1n) is 7.93. The fourth-order valence-electron chi connectivity index (χ4n) is 2.53. The van der Waals surface area contributed by atoms with E-state index >= 15 is 0 Å². The molecule has 1 fully saturated rings. The van der Waals surface area contributed by atoms with E-state index in [-0.39, 0.29) is 5.91 Å². The van der Waals surface area contributed by atoms with E-state index < -0.39 is 6.03 Å². The van der Waals surface area contributed by atoms with Crippen LogP contribution in [0.5, 0.6) is 0 Å². The number of halogens is 1. The van der Waals surface area contributed by atoms with Crippen molar-refractivity contribution in [2.45, 2.75) is 0 Å². The summed E-state index contributed by atoms with van der Waals surface area (Å²) in [5.41, 5.74) is 1.53. The van der Waals surface area contributed by atoms with Crippen LogP contribution in [0.4, 0.5) is 16.2 Å². The summed E-state index contributed by atoms with van der Waals surface area (Å²) in [4.78, 5) is 26.6. The van der Waals surface area contributed by atoms with Gasteiger partial charge in [-0.25, -0.2) is 4.79 Å². The lowest BCUT2D eigenvalue weighted by Gasteiger charge is -2.27. The molecule has 0 unspecified atom stereocenters. The number of amides is 3. The van der Waals surface area contributed by atoms with Crippen molar-refractivity contribution in [2.24, 2.45) is 0 Å². The highest BCUT2D eigenvalue weighted by molar-refractivity contribution is 6.30. The van der Waals surface area contributed by atoms with E-state index in [4.69, 9.17) is 16.3 Å². The Kier molecular flexibility index (Phi) is 5.53. The number of morpholine rings is 1. The molecule has 3 rings (SSSR count). The third-order valence-corrected chi connectivity index (χ3v) is 4.06. The third kappa shape index (κ3) is 4.49. The number of hydrogen-bond acceptors (Lipinski definition) is 3. The largest absolute Gasteiger partial charge is 0.378 e. The maximum Gasteiger partial charge on any atom is 0.323 e. The van der Waals surface area contributed by atoms with Crippen molar-refractivity contribution >= 4 is 34.9 Å². The number of nitrogens with zero attached hydrogens (tertiary/aromatic N) is 1. The summed E-state index contributed by atoms with van der Waals surface area (Å²) in [5.74, 6) is -0.120. The zero-order valence-corrected chi connectivity index (χ0v) is 14.3. The molecule has 0 spiro atoms. The Hall–Kier alpha value is -2.57. The molecule has 1 aliphatic heterocycles. The lowest BCUT2D eigenvalue weighted by atomic mass is 10.1. The summed E-state index contributed by atoms with van der Waals surface area (Å²) in [6.45, 7) is 2.14. The first-order chi connectivity index (χ1) is 12.1. The van der Waals surface area contributed by atoms with Crippen LogP contribution >= 0.6 is 11.6 Å². The number of rotatable bonds is 3. The van der Waals surface area contributed by atoms with Crippen LogP contribution in [0.15, 0.2) is 48.5 Å². The SMILES string of the molecule is O=C(Nc1ccc(Cl)cc1)Nc1ccccc1C(=O)N1CCOCC1. The molecule has 1 aliphatic rings. The molecular formula is C18H18ClN3O3. The number of hydrogen-bond donors (Lipinski definition) is 2. The van der Waals surface area contributed by atoms with Gasteiger partial charge < -0.3 is 20.3 Å². The van der Waals surface area contributed by atoms with Crippen molar-refractivity contribution in [1.29, 1.82) is 0 Å². The normalized spacial score (nSPS) is 14.0. The van der Waals surface area contributed by atoms with Gasteiger partial charge in [0.15, 0.2) is 0 Å². The molecule has 0 atom stereocenters. The van der Waals surface area contributed by atoms with Crippen molar-refractivity contribution in [3.63, 3.8) is 0 Å². The zero-order valence-electron chi connectivity index (χ0n) is 13.5. The van der Waals surface area contributed by atoms with E-state index in [0.717, 1.165) is 0 Å². The van der Waals surface area contributed by atoms with Gasteiger partial charge in [0.1, 0.15) is 0 Å². The molecule has 0 radical (unpaired) electrons. The van der Waals surface area contributed by atoms with Crippen LogP contribution in [0.2, 0.25) is 5.02 Å². The first kappa shape index (κ1) is 17.3. The van der Waals surface area contributed by atoms with E-state index in [0.29, 0.717) is 48.3 Å². The number of carbonyl (C=O) groups is 2. The van der Waals surface area contributed by atoms with E-state index in [2.05, 4.69) is 10.6 Å². The van der Waals surface area contributed by atoms with E-state index in [9.17, 15) is 9.59 Å². The van der Waals surface area contributed by atoms with Gasteiger partial charge in [-0.05, 0) is 36.4 Å². The van der Waals surface area contributed by atoms with Crippen LogP contribution in [-0.2, 0) is 4.74 Å². The van der Waals surface area contributed by atoms with Crippen molar-refractivity contribution in [1.82, 2.24) is 4.90 Å². The maximum absolute atomic E-state index is 12.7. The summed E-state index contributed by atoms with van der Waals surface area (Å²) in [5, 5.41) is 6.03. The molecule has 2 N–H and O–H groups in total. The van der Waals surface area contributed by atoms with Gasteiger partial charge in [-0.15, -0.1) is 0 Å². The van der Waals surface area contributed by atoms with Crippen molar-refractivity contribution in [3.05, 3.63) is 59.1 Å². The predicted molar refractivity (Wildman–Crippen MR) is 97.3 cm³/mol. The number of carbonyl (C=O) groups excluding carboxylic acids is 2. The van der Waals surface area contributed by atoms with Crippen LogP contribution < -0.4 is 10.6 Å². The van der Waals surface area contributed by atoms with Gasteiger partial charge in [-0.3, -0.25) is 4.79 Å². The summed E-state index contributed by atoms with van der Waals surface area (Å²) in [6.07, 6.45) is 0. The maximum atomic E-state index is 12.7. The number of nitrogens with one attached hydrogen (secondary N) is 2. The zero-order chi connectivity index (χ0) is 17.6. The predicted octanol–water partition coefficient (Wildman–Crippen LogP) is 3.46. The molecule has 6 nitrogen and oxygen atoms in total. The summed E-state index contributed by atoms with van der Waals surface area (Å²) < 4.78 is 5.27. The quantitative estimate of drug-likeness (QED) is 0.881. The third-order valence-electron chi connectivity index (χ3n) is 3.81. The molecule has 1 saturated heterocycles. The summed E-state index contributed by atoms with van der Waals surface area (Å²) in [7, 11) is 0. The molecule has 25 heavy (non-hydrogen) atoms. The molecule has 2 aromatic carbocycles. The number of anilines is 2. The molecule has 0 bridgehead atoms. The van der Waals surface area contributed by atoms with Crippen LogP contribution in [0, 0.1) is 0 Å². The Morgan fingerprint density at radius 2 is 1.64 bits per heavy atom. The molecule has 0 aromatic heterocycles. The van der Waals surface area contributed by atoms with E-state index in [1.165, 1.54) is 0 Å². The van der Waals surface area contributed by atoms with Gasteiger partial charge in [0.05, 0.1) is 24.5 Å². The van der Waals surface area contributed by atoms with Crippen LogP contribution in [-0.4, -0.2) is 43.1 Å². The fraction of sp³-hybridized carbons (Fsp3) is 0.222. The van der Waals surface area contributed by atoms with Gasteiger partial charge in [-0.2, -0.15) is 0 Å². The molecular weight excluding hydrogens is 342 g/mol. The number of para-hydroxylation sites is 1. The smallest absolute Gasteiger partial charge is 0.323 e. The monoisotopic (exact) mass is 359 g/mol. The number of benzene rings is 2. The Morgan fingerprint density at radius 3 is 2.36 bits per heavy atom. The van der Waals surface area contributed by atoms with Gasteiger partial charge in [-0.1, -0.05) is 23.7 Å². The van der Waals surface area contributed by atoms with Crippen LogP contribution in [0.25, 0.3) is 0 Å². The van der Waals surface area contributed by atoms with Crippen LogP contribution in [0.3, 0.4) is 0 Å². The molecule has 1 heterocycles. The second-order valence-electron chi connectivity index (χ2n) is 5.54. The standard InChI is InChI=1S/C18H18ClN3O3/c19-13-5-7-14(8-6-13)20-18(24)21-16-4-2-1-3-15(16)17(23)22-9-11-25-12-10-22/h1-8H,9-12H2,(H2,20,21,24). The molecule has 3 amide bonds.